The largest absolute Gasteiger partial charge is 0.481 e. The van der Waals surface area contributed by atoms with E-state index in [4.69, 9.17) is 16.7 Å². The molecule has 1 amide bonds. The summed E-state index contributed by atoms with van der Waals surface area (Å²) in [5, 5.41) is 11.6. The number of hydrogen-bond acceptors (Lipinski definition) is 2. The van der Waals surface area contributed by atoms with Crippen molar-refractivity contribution >= 4 is 23.5 Å². The Morgan fingerprint density at radius 1 is 1.45 bits per heavy atom. The first-order valence-electron chi connectivity index (χ1n) is 6.41. The van der Waals surface area contributed by atoms with Crippen LogP contribution in [0.3, 0.4) is 0 Å². The van der Waals surface area contributed by atoms with E-state index >= 15 is 0 Å². The lowest BCUT2D eigenvalue weighted by Crippen LogP contribution is -2.36. The number of halogens is 2. The normalized spacial score (nSPS) is 11.9. The number of rotatable bonds is 7. The molecule has 0 bridgehead atoms. The number of carboxylic acid groups (broad SMARTS) is 1. The molecule has 0 aliphatic rings. The number of hydrogen-bond donors (Lipinski definition) is 2. The van der Waals surface area contributed by atoms with Crippen molar-refractivity contribution in [3.05, 3.63) is 34.6 Å². The number of aliphatic carboxylic acids is 1. The number of amides is 1. The number of carboxylic acids is 1. The molecule has 0 aromatic heterocycles. The van der Waals surface area contributed by atoms with Crippen LogP contribution in [-0.2, 0) is 4.79 Å². The van der Waals surface area contributed by atoms with E-state index in [1.165, 1.54) is 12.1 Å². The predicted octanol–water partition coefficient (Wildman–Crippen LogP) is 3.24. The van der Waals surface area contributed by atoms with Crippen molar-refractivity contribution in [2.75, 3.05) is 0 Å². The SMILES string of the molecule is CCCC[C@H](CC(=O)O)NC(=O)c1ccc(Cl)cc1F. The molecule has 6 heteroatoms. The predicted molar refractivity (Wildman–Crippen MR) is 74.4 cm³/mol. The van der Waals surface area contributed by atoms with Crippen LogP contribution in [0.1, 0.15) is 43.0 Å². The van der Waals surface area contributed by atoms with Gasteiger partial charge in [-0.2, -0.15) is 0 Å². The zero-order chi connectivity index (χ0) is 15.1. The molecule has 0 unspecified atom stereocenters. The Balaban J connectivity index is 2.75. The van der Waals surface area contributed by atoms with Gasteiger partial charge in [0.05, 0.1) is 12.0 Å². The van der Waals surface area contributed by atoms with E-state index in [1.54, 1.807) is 0 Å². The van der Waals surface area contributed by atoms with Crippen LogP contribution < -0.4 is 5.32 Å². The molecule has 0 aliphatic heterocycles. The van der Waals surface area contributed by atoms with Crippen LogP contribution >= 0.6 is 11.6 Å². The summed E-state index contributed by atoms with van der Waals surface area (Å²) in [6, 6.07) is 3.24. The van der Waals surface area contributed by atoms with Crippen molar-refractivity contribution in [3.63, 3.8) is 0 Å². The van der Waals surface area contributed by atoms with Gasteiger partial charge in [-0.05, 0) is 24.6 Å². The summed E-state index contributed by atoms with van der Waals surface area (Å²) >= 11 is 5.62. The molecule has 0 aliphatic carbocycles. The molecule has 0 fully saturated rings. The van der Waals surface area contributed by atoms with Gasteiger partial charge in [0, 0.05) is 11.1 Å². The molecule has 0 radical (unpaired) electrons. The second-order valence-corrected chi connectivity index (χ2v) is 4.97. The lowest BCUT2D eigenvalue weighted by atomic mass is 10.1. The summed E-state index contributed by atoms with van der Waals surface area (Å²) in [7, 11) is 0. The van der Waals surface area contributed by atoms with E-state index in [2.05, 4.69) is 5.32 Å². The van der Waals surface area contributed by atoms with E-state index in [0.29, 0.717) is 6.42 Å². The monoisotopic (exact) mass is 301 g/mol. The molecule has 2 N–H and O–H groups in total. The summed E-state index contributed by atoms with van der Waals surface area (Å²) in [5.74, 6) is -2.34. The first-order chi connectivity index (χ1) is 9.43. The Hall–Kier alpha value is -1.62. The highest BCUT2D eigenvalue weighted by Crippen LogP contribution is 2.15. The van der Waals surface area contributed by atoms with Crippen molar-refractivity contribution in [2.45, 2.75) is 38.6 Å². The topological polar surface area (TPSA) is 66.4 Å². The van der Waals surface area contributed by atoms with Crippen LogP contribution in [0.4, 0.5) is 4.39 Å². The van der Waals surface area contributed by atoms with Crippen molar-refractivity contribution in [1.29, 1.82) is 0 Å². The minimum atomic E-state index is -0.997. The molecule has 20 heavy (non-hydrogen) atoms. The lowest BCUT2D eigenvalue weighted by molar-refractivity contribution is -0.137. The third-order valence-electron chi connectivity index (χ3n) is 2.84. The van der Waals surface area contributed by atoms with Crippen molar-refractivity contribution < 1.29 is 19.1 Å². The van der Waals surface area contributed by atoms with Gasteiger partial charge in [-0.25, -0.2) is 4.39 Å². The number of carbonyl (C=O) groups is 2. The third kappa shape index (κ3) is 5.17. The van der Waals surface area contributed by atoms with Gasteiger partial charge in [-0.1, -0.05) is 31.4 Å². The zero-order valence-electron chi connectivity index (χ0n) is 11.2. The average molecular weight is 302 g/mol. The quantitative estimate of drug-likeness (QED) is 0.812. The zero-order valence-corrected chi connectivity index (χ0v) is 11.9. The molecule has 0 heterocycles. The van der Waals surface area contributed by atoms with Gasteiger partial charge in [0.2, 0.25) is 0 Å². The maximum Gasteiger partial charge on any atom is 0.305 e. The summed E-state index contributed by atoms with van der Waals surface area (Å²) in [6.45, 7) is 1.97. The van der Waals surface area contributed by atoms with E-state index < -0.39 is 23.7 Å². The average Bonchev–Trinajstić information content (AvgIpc) is 2.35. The lowest BCUT2D eigenvalue weighted by Gasteiger charge is -2.17. The Labute approximate surface area is 121 Å². The Kier molecular flexibility index (Phi) is 6.45. The molecule has 0 saturated carbocycles. The van der Waals surface area contributed by atoms with Crippen LogP contribution in [0.2, 0.25) is 5.02 Å². The minimum absolute atomic E-state index is 0.138. The molecule has 1 atom stereocenters. The minimum Gasteiger partial charge on any atom is -0.481 e. The molecule has 1 rings (SSSR count). The Bertz CT molecular complexity index is 493. The second-order valence-electron chi connectivity index (χ2n) is 4.53. The molecular weight excluding hydrogens is 285 g/mol. The first-order valence-corrected chi connectivity index (χ1v) is 6.79. The van der Waals surface area contributed by atoms with Crippen LogP contribution in [-0.4, -0.2) is 23.0 Å². The summed E-state index contributed by atoms with van der Waals surface area (Å²) in [6.07, 6.45) is 2.05. The number of benzene rings is 1. The fourth-order valence-electron chi connectivity index (χ4n) is 1.82. The van der Waals surface area contributed by atoms with Crippen molar-refractivity contribution in [2.24, 2.45) is 0 Å². The maximum absolute atomic E-state index is 13.6. The second kappa shape index (κ2) is 7.85. The summed E-state index contributed by atoms with van der Waals surface area (Å²) in [4.78, 5) is 22.7. The molecule has 0 spiro atoms. The smallest absolute Gasteiger partial charge is 0.305 e. The van der Waals surface area contributed by atoms with E-state index in [-0.39, 0.29) is 17.0 Å². The van der Waals surface area contributed by atoms with Crippen LogP contribution in [0.25, 0.3) is 0 Å². The molecular formula is C14H17ClFNO3. The van der Waals surface area contributed by atoms with Gasteiger partial charge >= 0.3 is 5.97 Å². The molecule has 110 valence electrons. The van der Waals surface area contributed by atoms with Crippen LogP contribution in [0, 0.1) is 5.82 Å². The highest BCUT2D eigenvalue weighted by atomic mass is 35.5. The number of nitrogens with one attached hydrogen (secondary N) is 1. The van der Waals surface area contributed by atoms with Crippen LogP contribution in [0.5, 0.6) is 0 Å². The standard InChI is InChI=1S/C14H17ClFNO3/c1-2-3-4-10(8-13(18)19)17-14(20)11-6-5-9(15)7-12(11)16/h5-7,10H,2-4,8H2,1H3,(H,17,20)(H,18,19)/t10-/m1/s1. The summed E-state index contributed by atoms with van der Waals surface area (Å²) < 4.78 is 13.6. The molecule has 4 nitrogen and oxygen atoms in total. The third-order valence-corrected chi connectivity index (χ3v) is 3.07. The van der Waals surface area contributed by atoms with E-state index in [1.807, 2.05) is 6.92 Å². The van der Waals surface area contributed by atoms with Crippen molar-refractivity contribution in [3.8, 4) is 0 Å². The maximum atomic E-state index is 13.6. The van der Waals surface area contributed by atoms with Gasteiger partial charge in [0.25, 0.3) is 5.91 Å². The fraction of sp³-hybridized carbons (Fsp3) is 0.429. The summed E-state index contributed by atoms with van der Waals surface area (Å²) in [5.41, 5.74) is -0.138. The highest BCUT2D eigenvalue weighted by molar-refractivity contribution is 6.30. The van der Waals surface area contributed by atoms with Gasteiger partial charge in [-0.3, -0.25) is 9.59 Å². The van der Waals surface area contributed by atoms with E-state index in [9.17, 15) is 14.0 Å². The molecule has 1 aromatic rings. The molecule has 1 aromatic carbocycles. The van der Waals surface area contributed by atoms with Gasteiger partial charge < -0.3 is 10.4 Å². The Morgan fingerprint density at radius 2 is 2.15 bits per heavy atom. The first kappa shape index (κ1) is 16.4. The van der Waals surface area contributed by atoms with Gasteiger partial charge in [0.1, 0.15) is 5.82 Å². The number of unbranched alkanes of at least 4 members (excludes halogenated alkanes) is 1. The van der Waals surface area contributed by atoms with Gasteiger partial charge in [-0.15, -0.1) is 0 Å². The highest BCUT2D eigenvalue weighted by Gasteiger charge is 2.18. The van der Waals surface area contributed by atoms with Crippen LogP contribution in [0.15, 0.2) is 18.2 Å². The molecule has 0 saturated heterocycles. The number of carbonyl (C=O) groups excluding carboxylic acids is 1. The van der Waals surface area contributed by atoms with Crippen molar-refractivity contribution in [1.82, 2.24) is 5.32 Å². The fourth-order valence-corrected chi connectivity index (χ4v) is 1.98. The Morgan fingerprint density at radius 3 is 2.70 bits per heavy atom. The van der Waals surface area contributed by atoms with Gasteiger partial charge in [0.15, 0.2) is 0 Å². The van der Waals surface area contributed by atoms with E-state index in [0.717, 1.165) is 18.9 Å².